The number of carbonyl (C=O) groups is 1. The number of carbonyl (C=O) groups excluding carboxylic acids is 1. The van der Waals surface area contributed by atoms with E-state index in [9.17, 15) is 9.18 Å². The molecule has 1 aliphatic heterocycles. The molecule has 0 saturated heterocycles. The molecule has 3 rings (SSSR count). The van der Waals surface area contributed by atoms with Crippen LogP contribution in [-0.4, -0.2) is 32.3 Å². The Balaban J connectivity index is 1.81. The minimum atomic E-state index is -0.265. The number of hydrogen-bond acceptors (Lipinski definition) is 3. The summed E-state index contributed by atoms with van der Waals surface area (Å²) in [6.45, 7) is 2.67. The fourth-order valence-electron chi connectivity index (χ4n) is 2.66. The molecule has 6 heteroatoms. The molecule has 0 spiro atoms. The lowest BCUT2D eigenvalue weighted by Gasteiger charge is -2.35. The van der Waals surface area contributed by atoms with Crippen molar-refractivity contribution in [2.45, 2.75) is 25.9 Å². The molecular weight excluding hydrogens is 259 g/mol. The monoisotopic (exact) mass is 274 g/mol. The van der Waals surface area contributed by atoms with Crippen LogP contribution in [0.2, 0.25) is 0 Å². The van der Waals surface area contributed by atoms with E-state index in [4.69, 9.17) is 0 Å². The van der Waals surface area contributed by atoms with Crippen LogP contribution in [0.5, 0.6) is 0 Å². The van der Waals surface area contributed by atoms with Crippen LogP contribution in [0.15, 0.2) is 30.6 Å². The Morgan fingerprint density at radius 3 is 2.90 bits per heavy atom. The number of fused-ring (bicyclic) bond motifs is 1. The van der Waals surface area contributed by atoms with Gasteiger partial charge in [0.25, 0.3) is 0 Å². The van der Waals surface area contributed by atoms with Crippen LogP contribution < -0.4 is 0 Å². The predicted octanol–water partition coefficient (Wildman–Crippen LogP) is 1.56. The van der Waals surface area contributed by atoms with Gasteiger partial charge in [0, 0.05) is 6.54 Å². The van der Waals surface area contributed by atoms with Crippen molar-refractivity contribution in [3.63, 3.8) is 0 Å². The van der Waals surface area contributed by atoms with Gasteiger partial charge in [-0.05, 0) is 36.6 Å². The molecule has 1 unspecified atom stereocenters. The first-order valence-corrected chi connectivity index (χ1v) is 6.57. The summed E-state index contributed by atoms with van der Waals surface area (Å²) in [5.74, 6) is -0.317. The Labute approximate surface area is 116 Å². The van der Waals surface area contributed by atoms with E-state index in [0.29, 0.717) is 6.54 Å². The fraction of sp³-hybridized carbons (Fsp3) is 0.357. The van der Waals surface area contributed by atoms with Crippen LogP contribution in [0.3, 0.4) is 0 Å². The van der Waals surface area contributed by atoms with Gasteiger partial charge in [-0.2, -0.15) is 15.0 Å². The summed E-state index contributed by atoms with van der Waals surface area (Å²) in [5.41, 5.74) is 2.00. The summed E-state index contributed by atoms with van der Waals surface area (Å²) < 4.78 is 13.4. The number of amides is 1. The Morgan fingerprint density at radius 2 is 2.15 bits per heavy atom. The van der Waals surface area contributed by atoms with Gasteiger partial charge in [-0.25, -0.2) is 4.39 Å². The molecule has 0 bridgehead atoms. The lowest BCUT2D eigenvalue weighted by molar-refractivity contribution is -0.134. The molecule has 1 aliphatic rings. The molecule has 1 atom stereocenters. The second-order valence-electron chi connectivity index (χ2n) is 4.92. The van der Waals surface area contributed by atoms with Crippen molar-refractivity contribution in [3.8, 4) is 0 Å². The maximum atomic E-state index is 13.4. The summed E-state index contributed by atoms with van der Waals surface area (Å²) >= 11 is 0. The van der Waals surface area contributed by atoms with Crippen LogP contribution >= 0.6 is 0 Å². The van der Waals surface area contributed by atoms with Gasteiger partial charge in [0.05, 0.1) is 18.4 Å². The molecular formula is C14H15FN4O. The first kappa shape index (κ1) is 12.8. The van der Waals surface area contributed by atoms with Crippen molar-refractivity contribution in [2.75, 3.05) is 6.54 Å². The zero-order valence-electron chi connectivity index (χ0n) is 11.2. The van der Waals surface area contributed by atoms with Crippen molar-refractivity contribution in [1.29, 1.82) is 0 Å². The summed E-state index contributed by atoms with van der Waals surface area (Å²) in [6.07, 6.45) is 3.83. The highest BCUT2D eigenvalue weighted by Crippen LogP contribution is 2.30. The standard InChI is InChI=1S/C14H15FN4O/c1-10-13-8-12(15)3-2-11(13)4-7-18(10)14(20)9-19-16-5-6-17-19/h2-3,5-6,8,10H,4,7,9H2,1H3. The van der Waals surface area contributed by atoms with E-state index in [0.717, 1.165) is 17.5 Å². The third-order valence-corrected chi connectivity index (χ3v) is 3.71. The molecule has 2 heterocycles. The summed E-state index contributed by atoms with van der Waals surface area (Å²) in [7, 11) is 0. The molecule has 0 N–H and O–H groups in total. The number of benzene rings is 1. The average Bonchev–Trinajstić information content (AvgIpc) is 2.92. The molecule has 0 radical (unpaired) electrons. The topological polar surface area (TPSA) is 51.0 Å². The number of halogens is 1. The van der Waals surface area contributed by atoms with E-state index < -0.39 is 0 Å². The van der Waals surface area contributed by atoms with Gasteiger partial charge in [-0.3, -0.25) is 4.79 Å². The van der Waals surface area contributed by atoms with Crippen molar-refractivity contribution >= 4 is 5.91 Å². The largest absolute Gasteiger partial charge is 0.334 e. The molecule has 5 nitrogen and oxygen atoms in total. The zero-order chi connectivity index (χ0) is 14.1. The van der Waals surface area contributed by atoms with Crippen LogP contribution in [0.1, 0.15) is 24.1 Å². The Bertz CT molecular complexity index is 626. The molecule has 1 aromatic carbocycles. The summed E-state index contributed by atoms with van der Waals surface area (Å²) in [4.78, 5) is 15.4. The van der Waals surface area contributed by atoms with Crippen LogP contribution in [0, 0.1) is 5.82 Å². The van der Waals surface area contributed by atoms with E-state index in [-0.39, 0.29) is 24.3 Å². The highest BCUT2D eigenvalue weighted by atomic mass is 19.1. The number of rotatable bonds is 2. The van der Waals surface area contributed by atoms with Crippen molar-refractivity contribution in [3.05, 3.63) is 47.5 Å². The summed E-state index contributed by atoms with van der Waals surface area (Å²) in [6, 6.07) is 4.66. The van der Waals surface area contributed by atoms with E-state index in [1.54, 1.807) is 11.0 Å². The average molecular weight is 274 g/mol. The van der Waals surface area contributed by atoms with E-state index in [1.165, 1.54) is 29.3 Å². The van der Waals surface area contributed by atoms with Crippen LogP contribution in [0.25, 0.3) is 0 Å². The first-order valence-electron chi connectivity index (χ1n) is 6.57. The second-order valence-corrected chi connectivity index (χ2v) is 4.92. The Kier molecular flexibility index (Phi) is 3.22. The van der Waals surface area contributed by atoms with E-state index >= 15 is 0 Å². The number of hydrogen-bond donors (Lipinski definition) is 0. The maximum Gasteiger partial charge on any atom is 0.246 e. The van der Waals surface area contributed by atoms with Gasteiger partial charge >= 0.3 is 0 Å². The molecule has 0 aliphatic carbocycles. The third-order valence-electron chi connectivity index (χ3n) is 3.71. The van der Waals surface area contributed by atoms with E-state index in [2.05, 4.69) is 10.2 Å². The minimum Gasteiger partial charge on any atom is -0.334 e. The van der Waals surface area contributed by atoms with E-state index in [1.807, 2.05) is 6.92 Å². The summed E-state index contributed by atoms with van der Waals surface area (Å²) in [5, 5.41) is 7.87. The van der Waals surface area contributed by atoms with Gasteiger partial charge in [0.2, 0.25) is 5.91 Å². The first-order chi connectivity index (χ1) is 9.65. The van der Waals surface area contributed by atoms with Gasteiger partial charge in [-0.15, -0.1) is 0 Å². The highest BCUT2D eigenvalue weighted by Gasteiger charge is 2.28. The Morgan fingerprint density at radius 1 is 1.40 bits per heavy atom. The minimum absolute atomic E-state index is 0.0522. The molecule has 1 amide bonds. The Hall–Kier alpha value is -2.24. The second kappa shape index (κ2) is 5.03. The van der Waals surface area contributed by atoms with Crippen molar-refractivity contribution < 1.29 is 9.18 Å². The predicted molar refractivity (Wildman–Crippen MR) is 70.3 cm³/mol. The van der Waals surface area contributed by atoms with Gasteiger partial charge in [-0.1, -0.05) is 6.07 Å². The van der Waals surface area contributed by atoms with Gasteiger partial charge in [0.1, 0.15) is 12.4 Å². The number of nitrogens with zero attached hydrogens (tertiary/aromatic N) is 4. The lowest BCUT2D eigenvalue weighted by Crippen LogP contribution is -2.41. The third kappa shape index (κ3) is 2.29. The van der Waals surface area contributed by atoms with Crippen LogP contribution in [-0.2, 0) is 17.8 Å². The highest BCUT2D eigenvalue weighted by molar-refractivity contribution is 5.76. The molecule has 20 heavy (non-hydrogen) atoms. The van der Waals surface area contributed by atoms with Gasteiger partial charge in [0.15, 0.2) is 0 Å². The quantitative estimate of drug-likeness (QED) is 0.835. The fourth-order valence-corrected chi connectivity index (χ4v) is 2.66. The molecule has 2 aromatic rings. The molecule has 0 fully saturated rings. The zero-order valence-corrected chi connectivity index (χ0v) is 11.2. The maximum absolute atomic E-state index is 13.4. The SMILES string of the molecule is CC1c2cc(F)ccc2CCN1C(=O)Cn1nccn1. The molecule has 0 saturated carbocycles. The molecule has 1 aromatic heterocycles. The van der Waals surface area contributed by atoms with Gasteiger partial charge < -0.3 is 4.90 Å². The normalized spacial score (nSPS) is 17.9. The smallest absolute Gasteiger partial charge is 0.246 e. The molecule has 104 valence electrons. The van der Waals surface area contributed by atoms with Crippen LogP contribution in [0.4, 0.5) is 4.39 Å². The van der Waals surface area contributed by atoms with Crippen molar-refractivity contribution in [2.24, 2.45) is 0 Å². The van der Waals surface area contributed by atoms with Crippen molar-refractivity contribution in [1.82, 2.24) is 19.9 Å². The number of aromatic nitrogens is 3. The lowest BCUT2D eigenvalue weighted by atomic mass is 9.93.